The average Bonchev–Trinajstić information content (AvgIpc) is 3.71. The monoisotopic (exact) mass is 767 g/mol. The van der Waals surface area contributed by atoms with Crippen LogP contribution in [0.4, 0.5) is 33.5 Å². The largest absolute Gasteiger partial charge is 0.467 e. The van der Waals surface area contributed by atoms with E-state index in [2.05, 4.69) is 24.9 Å². The summed E-state index contributed by atoms with van der Waals surface area (Å²) in [5.74, 6) is -0.955. The summed E-state index contributed by atoms with van der Waals surface area (Å²) >= 11 is 6.77. The van der Waals surface area contributed by atoms with Crippen LogP contribution in [0.5, 0.6) is 6.01 Å². The summed E-state index contributed by atoms with van der Waals surface area (Å²) in [5.41, 5.74) is 5.14. The molecule has 1 amide bonds. The van der Waals surface area contributed by atoms with E-state index in [0.29, 0.717) is 68.0 Å². The van der Waals surface area contributed by atoms with Crippen LogP contribution in [0.3, 0.4) is 0 Å². The predicted molar refractivity (Wildman–Crippen MR) is 186 cm³/mol. The number of nitrogens with two attached hydrogens (primary N) is 1. The number of hydrogen-bond acceptors (Lipinski definition) is 10. The van der Waals surface area contributed by atoms with Gasteiger partial charge in [-0.15, -0.1) is 0 Å². The Morgan fingerprint density at radius 3 is 2.58 bits per heavy atom. The lowest BCUT2D eigenvalue weighted by molar-refractivity contribution is -0.140. The van der Waals surface area contributed by atoms with Gasteiger partial charge >= 0.3 is 12.2 Å². The van der Waals surface area contributed by atoms with Crippen LogP contribution in [0.25, 0.3) is 0 Å². The number of fused-ring (bicyclic) bond motifs is 3. The van der Waals surface area contributed by atoms with E-state index in [1.807, 2.05) is 19.0 Å². The number of amides is 1. The number of aryl methyl sites for hydroxylation is 1. The Bertz CT molecular complexity index is 1840. The molecule has 0 aliphatic carbocycles. The molecule has 0 saturated carbocycles. The number of rotatable bonds is 5. The summed E-state index contributed by atoms with van der Waals surface area (Å²) in [4.78, 5) is 30.2. The molecule has 18 heteroatoms. The Morgan fingerprint density at radius 2 is 1.89 bits per heavy atom. The third-order valence-corrected chi connectivity index (χ3v) is 11.2. The number of likely N-dealkylation sites (tertiary alicyclic amines) is 1. The van der Waals surface area contributed by atoms with E-state index in [0.717, 1.165) is 25.1 Å². The lowest BCUT2D eigenvalue weighted by Crippen LogP contribution is -2.59. The van der Waals surface area contributed by atoms with Crippen LogP contribution in [0.1, 0.15) is 70.4 Å². The molecule has 53 heavy (non-hydrogen) atoms. The van der Waals surface area contributed by atoms with Gasteiger partial charge in [0, 0.05) is 62.4 Å². The van der Waals surface area contributed by atoms with Crippen molar-refractivity contribution in [1.82, 2.24) is 34.4 Å². The number of anilines is 2. The lowest BCUT2D eigenvalue weighted by Gasteiger charge is -2.42. The molecule has 3 atom stereocenters. The molecule has 2 N–H and O–H groups in total. The highest BCUT2D eigenvalue weighted by atomic mass is 35.5. The summed E-state index contributed by atoms with van der Waals surface area (Å²) < 4.78 is 82.1. The van der Waals surface area contributed by atoms with Crippen LogP contribution in [0, 0.1) is 5.82 Å². The molecule has 2 aromatic heterocycles. The van der Waals surface area contributed by atoms with Gasteiger partial charge in [0.1, 0.15) is 12.0 Å². The second kappa shape index (κ2) is 14.8. The first-order valence-corrected chi connectivity index (χ1v) is 18.2. The van der Waals surface area contributed by atoms with Gasteiger partial charge in [-0.2, -0.15) is 28.2 Å². The second-order valence-electron chi connectivity index (χ2n) is 14.4. The Labute approximate surface area is 308 Å². The van der Waals surface area contributed by atoms with Crippen molar-refractivity contribution >= 4 is 29.0 Å². The summed E-state index contributed by atoms with van der Waals surface area (Å²) in [5, 5.41) is 4.81. The van der Waals surface area contributed by atoms with Gasteiger partial charge in [0.2, 0.25) is 0 Å². The molecule has 0 bridgehead atoms. The second-order valence-corrected chi connectivity index (χ2v) is 14.8. The number of hydrogen-bond donors (Lipinski definition) is 1. The zero-order valence-electron chi connectivity index (χ0n) is 29.8. The van der Waals surface area contributed by atoms with Crippen molar-refractivity contribution in [2.45, 2.75) is 82.3 Å². The van der Waals surface area contributed by atoms with Crippen molar-refractivity contribution in [3.63, 3.8) is 0 Å². The maximum absolute atomic E-state index is 15.1. The van der Waals surface area contributed by atoms with Crippen molar-refractivity contribution in [1.29, 1.82) is 0 Å². The Morgan fingerprint density at radius 1 is 1.11 bits per heavy atom. The van der Waals surface area contributed by atoms with E-state index in [-0.39, 0.29) is 48.2 Å². The van der Waals surface area contributed by atoms with Crippen molar-refractivity contribution in [3.05, 3.63) is 56.7 Å². The number of nitrogens with zero attached hydrogens (tertiary/aromatic N) is 8. The van der Waals surface area contributed by atoms with E-state index >= 15 is 4.39 Å². The molecule has 3 aromatic rings. The van der Waals surface area contributed by atoms with E-state index < -0.39 is 41.1 Å². The van der Waals surface area contributed by atoms with E-state index in [9.17, 15) is 22.4 Å². The number of alkyl halides is 4. The molecular weight excluding hydrogens is 725 g/mol. The van der Waals surface area contributed by atoms with Crippen LogP contribution in [0.15, 0.2) is 12.1 Å². The third-order valence-electron chi connectivity index (χ3n) is 10.9. The average molecular weight is 768 g/mol. The first-order valence-electron chi connectivity index (χ1n) is 17.8. The number of nitrogen functional groups attached to an aromatic ring is 1. The van der Waals surface area contributed by atoms with Crippen LogP contribution >= 0.6 is 11.6 Å². The van der Waals surface area contributed by atoms with Crippen molar-refractivity contribution in [2.24, 2.45) is 0 Å². The molecule has 3 fully saturated rings. The van der Waals surface area contributed by atoms with Crippen LogP contribution in [-0.4, -0.2) is 113 Å². The molecule has 288 valence electrons. The fraction of sp³-hybridized carbons (Fsp3) is 0.600. The number of ether oxygens (including phenoxy) is 2. The van der Waals surface area contributed by atoms with Crippen molar-refractivity contribution in [2.75, 3.05) is 64.6 Å². The van der Waals surface area contributed by atoms with Crippen LogP contribution in [-0.2, 0) is 37.0 Å². The fourth-order valence-electron chi connectivity index (χ4n) is 7.86. The molecule has 5 aliphatic rings. The number of benzene rings is 1. The molecule has 12 nitrogen and oxygen atoms in total. The van der Waals surface area contributed by atoms with Gasteiger partial charge in [-0.1, -0.05) is 11.6 Å². The molecule has 0 radical (unpaired) electrons. The van der Waals surface area contributed by atoms with Gasteiger partial charge in [-0.3, -0.25) is 14.4 Å². The molecule has 1 aromatic carbocycles. The van der Waals surface area contributed by atoms with Crippen LogP contribution in [0.2, 0.25) is 5.02 Å². The highest BCUT2D eigenvalue weighted by molar-refractivity contribution is 6.34. The summed E-state index contributed by atoms with van der Waals surface area (Å²) in [6.45, 7) is 4.14. The SMILES string of the molecule is COc1nc2c(c(N3CCCn4nc(C(=O)N5CC(N(C)C)C5)c(Cl)c4C3)n1)COC(c1c(C(F)(F)F)ccc(N)c1F)C2.FC1CC2CCCN2C1. The fourth-order valence-corrected chi connectivity index (χ4v) is 8.14. The molecule has 0 spiro atoms. The van der Waals surface area contributed by atoms with Gasteiger partial charge < -0.3 is 29.9 Å². The van der Waals surface area contributed by atoms with Crippen molar-refractivity contribution < 1.29 is 36.2 Å². The maximum atomic E-state index is 15.1. The smallest absolute Gasteiger partial charge is 0.416 e. The lowest BCUT2D eigenvalue weighted by atomic mass is 9.94. The Balaban J connectivity index is 0.000000418. The highest BCUT2D eigenvalue weighted by Gasteiger charge is 2.41. The van der Waals surface area contributed by atoms with Gasteiger partial charge in [-0.05, 0) is 58.5 Å². The van der Waals surface area contributed by atoms with E-state index in [1.54, 1.807) is 9.58 Å². The zero-order valence-corrected chi connectivity index (χ0v) is 30.6. The Kier molecular flexibility index (Phi) is 10.5. The zero-order chi connectivity index (χ0) is 37.8. The highest BCUT2D eigenvalue weighted by Crippen LogP contribution is 2.43. The number of carbonyl (C=O) groups is 1. The van der Waals surface area contributed by atoms with E-state index in [1.165, 1.54) is 20.0 Å². The number of halogens is 6. The summed E-state index contributed by atoms with van der Waals surface area (Å²) in [7, 11) is 5.31. The molecule has 7 heterocycles. The van der Waals surface area contributed by atoms with Crippen LogP contribution < -0.4 is 15.4 Å². The minimum Gasteiger partial charge on any atom is -0.467 e. The van der Waals surface area contributed by atoms with Gasteiger partial charge in [0.25, 0.3) is 5.91 Å². The quantitative estimate of drug-likeness (QED) is 0.285. The molecule has 3 unspecified atom stereocenters. The first kappa shape index (κ1) is 37.5. The van der Waals surface area contributed by atoms with Gasteiger partial charge in [-0.25, -0.2) is 8.78 Å². The van der Waals surface area contributed by atoms with Crippen molar-refractivity contribution in [3.8, 4) is 6.01 Å². The first-order chi connectivity index (χ1) is 25.2. The summed E-state index contributed by atoms with van der Waals surface area (Å²) in [6.07, 6.45) is -2.83. The number of carbonyl (C=O) groups excluding carboxylic acids is 1. The van der Waals surface area contributed by atoms with E-state index in [4.69, 9.17) is 26.8 Å². The minimum atomic E-state index is -4.82. The normalized spacial score (nSPS) is 23.2. The molecule has 3 saturated heterocycles. The standard InChI is InChI=1S/C28H31ClF4N8O3.C7H12FN/c1-38(2)14-10-40(11-14)26(42)24-22(29)19-12-39(7-4-8-41(19)37-24)25-15-13-44-20(9-18(15)35-27(36-25)43-3)21-16(28(31,32)33)5-6-17(34)23(21)30;8-6-4-7-2-1-3-9(7)5-6/h5-6,14,20H,4,7-13,34H2,1-3H3;6-7H,1-5H2. The molecule has 5 aliphatic heterocycles. The molecular formula is C35H43ClF5N9O3. The topological polar surface area (TPSA) is 118 Å². The third kappa shape index (κ3) is 7.36. The number of likely N-dealkylation sites (N-methyl/N-ethyl adjacent to an activating group) is 1. The minimum absolute atomic E-state index is 0.00330. The Hall–Kier alpha value is -3.80. The maximum Gasteiger partial charge on any atom is 0.416 e. The predicted octanol–water partition coefficient (Wildman–Crippen LogP) is 4.88. The van der Waals surface area contributed by atoms with Gasteiger partial charge in [0.05, 0.1) is 54.0 Å². The number of methoxy groups -OCH3 is 1. The van der Waals surface area contributed by atoms with Gasteiger partial charge in [0.15, 0.2) is 11.5 Å². The number of aromatic nitrogens is 4. The molecule has 8 rings (SSSR count). The summed E-state index contributed by atoms with van der Waals surface area (Å²) in [6, 6.07) is 2.53.